The summed E-state index contributed by atoms with van der Waals surface area (Å²) in [5.74, 6) is -0.153. The lowest BCUT2D eigenvalue weighted by molar-refractivity contribution is 0.0938. The van der Waals surface area contributed by atoms with E-state index in [-0.39, 0.29) is 11.7 Å². The number of carbonyl (C=O) groups excluding carboxylic acids is 1. The van der Waals surface area contributed by atoms with Crippen LogP contribution in [0.15, 0.2) is 66.7 Å². The van der Waals surface area contributed by atoms with E-state index in [1.54, 1.807) is 6.07 Å². The van der Waals surface area contributed by atoms with Crippen molar-refractivity contribution >= 4 is 17.2 Å². The third kappa shape index (κ3) is 3.55. The van der Waals surface area contributed by atoms with E-state index in [9.17, 15) is 4.79 Å². The normalized spacial score (nSPS) is 10.8. The predicted octanol–water partition coefficient (Wildman–Crippen LogP) is 2.79. The Labute approximate surface area is 162 Å². The van der Waals surface area contributed by atoms with Crippen molar-refractivity contribution in [2.45, 2.75) is 6.54 Å². The van der Waals surface area contributed by atoms with Crippen LogP contribution < -0.4 is 10.2 Å². The molecular formula is C21H20N6O. The van der Waals surface area contributed by atoms with Gasteiger partial charge in [0, 0.05) is 31.9 Å². The number of rotatable bonds is 5. The van der Waals surface area contributed by atoms with E-state index < -0.39 is 0 Å². The Morgan fingerprint density at radius 3 is 2.43 bits per heavy atom. The molecule has 0 aliphatic carbocycles. The molecule has 0 saturated carbocycles. The first-order valence-electron chi connectivity index (χ1n) is 8.94. The number of aromatic nitrogens is 4. The van der Waals surface area contributed by atoms with Crippen molar-refractivity contribution < 1.29 is 4.79 Å². The molecular weight excluding hydrogens is 352 g/mol. The van der Waals surface area contributed by atoms with Gasteiger partial charge in [-0.1, -0.05) is 42.5 Å². The molecule has 4 rings (SSSR count). The molecule has 0 bridgehead atoms. The highest BCUT2D eigenvalue weighted by molar-refractivity contribution is 5.91. The van der Waals surface area contributed by atoms with Crippen molar-refractivity contribution in [3.63, 3.8) is 0 Å². The standard InChI is InChI=1S/C21H20N6O/c1-26(2)17-10-8-15(9-11-17)14-22-21(28)20-24-23-19-13-12-18(25-27(19)20)16-6-4-3-5-7-16/h3-13H,14H2,1-2H3,(H,22,28). The average Bonchev–Trinajstić information content (AvgIpc) is 3.16. The Bertz CT molecular complexity index is 1100. The van der Waals surface area contributed by atoms with E-state index in [0.29, 0.717) is 12.2 Å². The van der Waals surface area contributed by atoms with Crippen molar-refractivity contribution in [3.05, 3.63) is 78.1 Å². The second-order valence-electron chi connectivity index (χ2n) is 6.62. The molecule has 0 radical (unpaired) electrons. The highest BCUT2D eigenvalue weighted by Crippen LogP contribution is 2.17. The Balaban J connectivity index is 1.54. The van der Waals surface area contributed by atoms with Crippen LogP contribution in [0.25, 0.3) is 16.9 Å². The van der Waals surface area contributed by atoms with E-state index in [4.69, 9.17) is 0 Å². The number of nitrogens with one attached hydrogen (secondary N) is 1. The van der Waals surface area contributed by atoms with E-state index in [0.717, 1.165) is 22.5 Å². The van der Waals surface area contributed by atoms with Crippen molar-refractivity contribution in [1.29, 1.82) is 0 Å². The first-order chi connectivity index (χ1) is 13.6. The molecule has 1 N–H and O–H groups in total. The summed E-state index contributed by atoms with van der Waals surface area (Å²) in [6.45, 7) is 0.403. The molecule has 7 nitrogen and oxygen atoms in total. The summed E-state index contributed by atoms with van der Waals surface area (Å²) in [4.78, 5) is 14.7. The fourth-order valence-corrected chi connectivity index (χ4v) is 2.87. The summed E-state index contributed by atoms with van der Waals surface area (Å²) < 4.78 is 1.48. The largest absolute Gasteiger partial charge is 0.378 e. The smallest absolute Gasteiger partial charge is 0.291 e. The molecule has 7 heteroatoms. The minimum Gasteiger partial charge on any atom is -0.378 e. The fraction of sp³-hybridized carbons (Fsp3) is 0.143. The average molecular weight is 372 g/mol. The molecule has 0 fully saturated rings. The van der Waals surface area contributed by atoms with Crippen molar-refractivity contribution in [2.75, 3.05) is 19.0 Å². The van der Waals surface area contributed by atoms with Gasteiger partial charge in [0.15, 0.2) is 5.65 Å². The van der Waals surface area contributed by atoms with Gasteiger partial charge in [-0.15, -0.1) is 10.2 Å². The maximum absolute atomic E-state index is 12.6. The number of carbonyl (C=O) groups is 1. The molecule has 140 valence electrons. The number of anilines is 1. The van der Waals surface area contributed by atoms with Crippen molar-refractivity contribution in [1.82, 2.24) is 25.1 Å². The van der Waals surface area contributed by atoms with Gasteiger partial charge in [-0.25, -0.2) is 0 Å². The van der Waals surface area contributed by atoms with Crippen LogP contribution in [-0.2, 0) is 6.54 Å². The number of amides is 1. The molecule has 2 aromatic heterocycles. The summed E-state index contributed by atoms with van der Waals surface area (Å²) in [6.07, 6.45) is 0. The van der Waals surface area contributed by atoms with Crippen LogP contribution in [-0.4, -0.2) is 39.8 Å². The van der Waals surface area contributed by atoms with Gasteiger partial charge in [-0.3, -0.25) is 4.79 Å². The van der Waals surface area contributed by atoms with E-state index in [1.807, 2.05) is 79.7 Å². The van der Waals surface area contributed by atoms with Gasteiger partial charge in [0.1, 0.15) is 0 Å². The summed E-state index contributed by atoms with van der Waals surface area (Å²) in [6, 6.07) is 21.5. The molecule has 28 heavy (non-hydrogen) atoms. The third-order valence-corrected chi connectivity index (χ3v) is 4.44. The minimum atomic E-state index is -0.318. The van der Waals surface area contributed by atoms with Crippen LogP contribution in [0.4, 0.5) is 5.69 Å². The first kappa shape index (κ1) is 17.7. The molecule has 0 spiro atoms. The highest BCUT2D eigenvalue weighted by atomic mass is 16.2. The SMILES string of the molecule is CN(C)c1ccc(CNC(=O)c2nnc3ccc(-c4ccccc4)nn23)cc1. The van der Waals surface area contributed by atoms with Crippen LogP contribution in [0.2, 0.25) is 0 Å². The van der Waals surface area contributed by atoms with Crippen LogP contribution in [0.5, 0.6) is 0 Å². The Kier molecular flexibility index (Phi) is 4.72. The number of benzene rings is 2. The second-order valence-corrected chi connectivity index (χ2v) is 6.62. The zero-order valence-corrected chi connectivity index (χ0v) is 15.7. The molecule has 4 aromatic rings. The molecule has 0 saturated heterocycles. The summed E-state index contributed by atoms with van der Waals surface area (Å²) >= 11 is 0. The Morgan fingerprint density at radius 2 is 1.71 bits per heavy atom. The second kappa shape index (κ2) is 7.48. The third-order valence-electron chi connectivity index (χ3n) is 4.44. The zero-order valence-electron chi connectivity index (χ0n) is 15.7. The zero-order chi connectivity index (χ0) is 19.5. The van der Waals surface area contributed by atoms with Gasteiger partial charge in [-0.05, 0) is 29.8 Å². The number of hydrogen-bond acceptors (Lipinski definition) is 5. The maximum atomic E-state index is 12.6. The van der Waals surface area contributed by atoms with Crippen LogP contribution in [0, 0.1) is 0 Å². The Morgan fingerprint density at radius 1 is 0.964 bits per heavy atom. The lowest BCUT2D eigenvalue weighted by atomic mass is 10.1. The van der Waals surface area contributed by atoms with Gasteiger partial charge in [0.05, 0.1) is 5.69 Å². The van der Waals surface area contributed by atoms with Gasteiger partial charge in [-0.2, -0.15) is 9.61 Å². The van der Waals surface area contributed by atoms with Crippen molar-refractivity contribution in [2.24, 2.45) is 0 Å². The Hall–Kier alpha value is -3.74. The molecule has 0 aliphatic rings. The van der Waals surface area contributed by atoms with Gasteiger partial charge in [0.25, 0.3) is 5.91 Å². The van der Waals surface area contributed by atoms with Gasteiger partial charge >= 0.3 is 0 Å². The van der Waals surface area contributed by atoms with Crippen LogP contribution in [0.1, 0.15) is 16.2 Å². The molecule has 1 amide bonds. The summed E-state index contributed by atoms with van der Waals surface area (Å²) in [5.41, 5.74) is 4.36. The lowest BCUT2D eigenvalue weighted by Crippen LogP contribution is -2.25. The first-order valence-corrected chi connectivity index (χ1v) is 8.94. The molecule has 0 aliphatic heterocycles. The topological polar surface area (TPSA) is 75.4 Å². The van der Waals surface area contributed by atoms with Crippen LogP contribution >= 0.6 is 0 Å². The molecule has 2 heterocycles. The van der Waals surface area contributed by atoms with Gasteiger partial charge < -0.3 is 10.2 Å². The number of nitrogens with zero attached hydrogens (tertiary/aromatic N) is 5. The fourth-order valence-electron chi connectivity index (χ4n) is 2.87. The highest BCUT2D eigenvalue weighted by Gasteiger charge is 2.16. The molecule has 0 atom stereocenters. The van der Waals surface area contributed by atoms with E-state index >= 15 is 0 Å². The molecule has 0 unspecified atom stereocenters. The van der Waals surface area contributed by atoms with Crippen molar-refractivity contribution in [3.8, 4) is 11.3 Å². The minimum absolute atomic E-state index is 0.165. The quantitative estimate of drug-likeness (QED) is 0.583. The monoisotopic (exact) mass is 372 g/mol. The maximum Gasteiger partial charge on any atom is 0.291 e. The summed E-state index contributed by atoms with van der Waals surface area (Å²) in [5, 5.41) is 15.5. The molecule has 2 aromatic carbocycles. The summed E-state index contributed by atoms with van der Waals surface area (Å²) in [7, 11) is 3.98. The van der Waals surface area contributed by atoms with E-state index in [1.165, 1.54) is 4.52 Å². The number of fused-ring (bicyclic) bond motifs is 1. The van der Waals surface area contributed by atoms with Crippen LogP contribution in [0.3, 0.4) is 0 Å². The van der Waals surface area contributed by atoms with E-state index in [2.05, 4.69) is 20.6 Å². The number of hydrogen-bond donors (Lipinski definition) is 1. The lowest BCUT2D eigenvalue weighted by Gasteiger charge is -2.12. The van der Waals surface area contributed by atoms with Gasteiger partial charge in [0.2, 0.25) is 5.82 Å². The predicted molar refractivity (Wildman–Crippen MR) is 108 cm³/mol.